The summed E-state index contributed by atoms with van der Waals surface area (Å²) >= 11 is 1.58. The summed E-state index contributed by atoms with van der Waals surface area (Å²) in [4.78, 5) is 12.9. The van der Waals surface area contributed by atoms with Crippen LogP contribution in [0.2, 0.25) is 0 Å². The molecule has 6 rings (SSSR count). The predicted molar refractivity (Wildman–Crippen MR) is 172 cm³/mol. The van der Waals surface area contributed by atoms with Crippen LogP contribution in [0.1, 0.15) is 35.5 Å². The van der Waals surface area contributed by atoms with Gasteiger partial charge < -0.3 is 34.5 Å². The Labute approximate surface area is 265 Å². The number of ether oxygens (including phenoxy) is 3. The molecule has 1 aliphatic rings. The smallest absolute Gasteiger partial charge is 0.323 e. The Morgan fingerprint density at radius 2 is 1.67 bits per heavy atom. The number of aryl methyl sites for hydroxylation is 1. The van der Waals surface area contributed by atoms with Gasteiger partial charge in [0, 0.05) is 36.2 Å². The lowest BCUT2D eigenvalue weighted by molar-refractivity contribution is -0.245. The second-order valence-electron chi connectivity index (χ2n) is 10.5. The van der Waals surface area contributed by atoms with Gasteiger partial charge in [-0.25, -0.2) is 4.79 Å². The fourth-order valence-corrected chi connectivity index (χ4v) is 5.79. The van der Waals surface area contributed by atoms with Crippen molar-refractivity contribution in [3.8, 4) is 11.5 Å². The minimum atomic E-state index is -0.659. The molecular formula is C34H33N5O5S. The van der Waals surface area contributed by atoms with Crippen LogP contribution in [-0.4, -0.2) is 37.8 Å². The molecule has 1 fully saturated rings. The Morgan fingerprint density at radius 3 is 2.40 bits per heavy atom. The number of aliphatic hydroxyl groups excluding tert-OH is 1. The van der Waals surface area contributed by atoms with Crippen molar-refractivity contribution in [1.29, 1.82) is 0 Å². The first-order valence-corrected chi connectivity index (χ1v) is 15.5. The predicted octanol–water partition coefficient (Wildman–Crippen LogP) is 7.08. The molecule has 1 saturated heterocycles. The highest BCUT2D eigenvalue weighted by molar-refractivity contribution is 7.99. The van der Waals surface area contributed by atoms with Gasteiger partial charge in [-0.05, 0) is 59.7 Å². The number of thioether (sulfide) groups is 1. The van der Waals surface area contributed by atoms with E-state index in [1.807, 2.05) is 90.5 Å². The maximum atomic E-state index is 12.9. The monoisotopic (exact) mass is 623 g/mol. The number of hydrogen-bond acceptors (Lipinski definition) is 8. The number of hydrogen-bond donors (Lipinski definition) is 3. The van der Waals surface area contributed by atoms with E-state index in [-0.39, 0.29) is 24.8 Å². The van der Waals surface area contributed by atoms with E-state index in [1.54, 1.807) is 42.4 Å². The molecule has 1 aliphatic heterocycles. The molecule has 0 aliphatic carbocycles. The Bertz CT molecular complexity index is 1700. The molecule has 2 heterocycles. The number of rotatable bonds is 10. The Kier molecular flexibility index (Phi) is 9.71. The van der Waals surface area contributed by atoms with Crippen molar-refractivity contribution in [2.45, 2.75) is 36.7 Å². The standard InChI is InChI=1S/C34H33N5O5S/c1-39-22-35-38-34(39)45-21-30-19-31(24-12-10-23(20-40)11-13-24)44-32(43-30)25-6-5-7-27(18-25)37-33(41)36-26-14-16-29(17-15-26)42-28-8-3-2-4-9-28/h2-18,22,30-32,40H,19-21H2,1H3,(H2,36,37,41). The summed E-state index contributed by atoms with van der Waals surface area (Å²) in [6.07, 6.45) is 1.30. The number of anilines is 2. The first kappa shape index (κ1) is 30.4. The van der Waals surface area contributed by atoms with Gasteiger partial charge in [0.2, 0.25) is 0 Å². The molecule has 45 heavy (non-hydrogen) atoms. The maximum Gasteiger partial charge on any atom is 0.323 e. The summed E-state index contributed by atoms with van der Waals surface area (Å²) in [5.74, 6) is 2.07. The maximum absolute atomic E-state index is 12.9. The molecule has 11 heteroatoms. The Hall–Kier alpha value is -4.68. The number of carbonyl (C=O) groups excluding carboxylic acids is 1. The van der Waals surface area contributed by atoms with Gasteiger partial charge in [0.15, 0.2) is 11.4 Å². The van der Waals surface area contributed by atoms with Gasteiger partial charge in [-0.15, -0.1) is 10.2 Å². The quantitative estimate of drug-likeness (QED) is 0.141. The topological polar surface area (TPSA) is 120 Å². The van der Waals surface area contributed by atoms with Gasteiger partial charge in [0.05, 0.1) is 18.8 Å². The first-order valence-electron chi connectivity index (χ1n) is 14.5. The van der Waals surface area contributed by atoms with Gasteiger partial charge >= 0.3 is 6.03 Å². The van der Waals surface area contributed by atoms with Crippen LogP contribution in [0.4, 0.5) is 16.2 Å². The van der Waals surface area contributed by atoms with Crippen LogP contribution < -0.4 is 15.4 Å². The van der Waals surface area contributed by atoms with Crippen molar-refractivity contribution >= 4 is 29.2 Å². The van der Waals surface area contributed by atoms with Crippen molar-refractivity contribution in [2.24, 2.45) is 7.05 Å². The second kappa shape index (κ2) is 14.4. The third-order valence-corrected chi connectivity index (χ3v) is 8.36. The van der Waals surface area contributed by atoms with E-state index < -0.39 is 6.29 Å². The summed E-state index contributed by atoms with van der Waals surface area (Å²) in [5.41, 5.74) is 3.84. The van der Waals surface area contributed by atoms with Crippen molar-refractivity contribution in [1.82, 2.24) is 14.8 Å². The van der Waals surface area contributed by atoms with E-state index in [9.17, 15) is 9.90 Å². The number of urea groups is 1. The number of aliphatic hydroxyl groups is 1. The molecule has 230 valence electrons. The fourth-order valence-electron chi connectivity index (χ4n) is 4.88. The van der Waals surface area contributed by atoms with E-state index >= 15 is 0 Å². The molecule has 0 bridgehead atoms. The molecule has 3 atom stereocenters. The van der Waals surface area contributed by atoms with E-state index in [2.05, 4.69) is 20.8 Å². The average molecular weight is 624 g/mol. The molecule has 1 aromatic heterocycles. The summed E-state index contributed by atoms with van der Waals surface area (Å²) < 4.78 is 20.6. The van der Waals surface area contributed by atoms with Crippen molar-refractivity contribution in [3.05, 3.63) is 126 Å². The highest BCUT2D eigenvalue weighted by Gasteiger charge is 2.32. The van der Waals surface area contributed by atoms with Crippen molar-refractivity contribution < 1.29 is 24.1 Å². The molecule has 0 radical (unpaired) electrons. The van der Waals surface area contributed by atoms with Gasteiger partial charge in [-0.2, -0.15) is 0 Å². The number of carbonyl (C=O) groups is 1. The molecule has 0 spiro atoms. The SMILES string of the molecule is Cn1cnnc1SCC1CC(c2ccc(CO)cc2)OC(c2cccc(NC(=O)Nc3ccc(Oc4ccccc4)cc3)c2)O1. The fraction of sp³-hybridized carbons (Fsp3) is 0.206. The largest absolute Gasteiger partial charge is 0.457 e. The molecule has 2 amide bonds. The normalized spacial score (nSPS) is 17.9. The van der Waals surface area contributed by atoms with Crippen molar-refractivity contribution in [2.75, 3.05) is 16.4 Å². The van der Waals surface area contributed by atoms with E-state index in [4.69, 9.17) is 14.2 Å². The van der Waals surface area contributed by atoms with Crippen LogP contribution in [0.15, 0.2) is 115 Å². The molecule has 10 nitrogen and oxygen atoms in total. The zero-order valence-corrected chi connectivity index (χ0v) is 25.4. The van der Waals surface area contributed by atoms with Crippen LogP contribution in [0, 0.1) is 0 Å². The number of nitrogens with one attached hydrogen (secondary N) is 2. The molecule has 0 saturated carbocycles. The Balaban J connectivity index is 1.12. The summed E-state index contributed by atoms with van der Waals surface area (Å²) in [6.45, 7) is -0.0180. The van der Waals surface area contributed by atoms with Gasteiger partial charge in [-0.3, -0.25) is 0 Å². The van der Waals surface area contributed by atoms with E-state index in [0.29, 0.717) is 29.3 Å². The van der Waals surface area contributed by atoms with E-state index in [0.717, 1.165) is 27.6 Å². The van der Waals surface area contributed by atoms with Crippen LogP contribution in [-0.2, 0) is 23.1 Å². The number of nitrogens with zero attached hydrogens (tertiary/aromatic N) is 3. The lowest BCUT2D eigenvalue weighted by atomic mass is 10.0. The van der Waals surface area contributed by atoms with Crippen LogP contribution in [0.25, 0.3) is 0 Å². The van der Waals surface area contributed by atoms with E-state index in [1.165, 1.54) is 0 Å². The zero-order chi connectivity index (χ0) is 31.0. The van der Waals surface area contributed by atoms with Crippen LogP contribution in [0.3, 0.4) is 0 Å². The Morgan fingerprint density at radius 1 is 0.911 bits per heavy atom. The minimum Gasteiger partial charge on any atom is -0.457 e. The van der Waals surface area contributed by atoms with Crippen LogP contribution in [0.5, 0.6) is 11.5 Å². The molecule has 3 unspecified atom stereocenters. The van der Waals surface area contributed by atoms with Gasteiger partial charge in [-0.1, -0.05) is 66.4 Å². The lowest BCUT2D eigenvalue weighted by Crippen LogP contribution is -2.31. The van der Waals surface area contributed by atoms with Gasteiger partial charge in [0.1, 0.15) is 17.8 Å². The third-order valence-electron chi connectivity index (χ3n) is 7.19. The minimum absolute atomic E-state index is 0.0180. The third kappa shape index (κ3) is 8.08. The average Bonchev–Trinajstić information content (AvgIpc) is 3.49. The lowest BCUT2D eigenvalue weighted by Gasteiger charge is -2.36. The first-order chi connectivity index (χ1) is 22.0. The van der Waals surface area contributed by atoms with Crippen LogP contribution >= 0.6 is 11.8 Å². The van der Waals surface area contributed by atoms with Gasteiger partial charge in [0.25, 0.3) is 0 Å². The zero-order valence-electron chi connectivity index (χ0n) is 24.6. The molecule has 5 aromatic rings. The number of amides is 2. The molecule has 3 N–H and O–H groups in total. The number of benzene rings is 4. The van der Waals surface area contributed by atoms with Crippen molar-refractivity contribution in [3.63, 3.8) is 0 Å². The summed E-state index contributed by atoms with van der Waals surface area (Å²) in [6, 6.07) is 31.5. The number of para-hydroxylation sites is 1. The number of aromatic nitrogens is 3. The summed E-state index contributed by atoms with van der Waals surface area (Å²) in [5, 5.41) is 24.2. The second-order valence-corrected chi connectivity index (χ2v) is 11.5. The molecule has 4 aromatic carbocycles. The highest BCUT2D eigenvalue weighted by Crippen LogP contribution is 2.39. The summed E-state index contributed by atoms with van der Waals surface area (Å²) in [7, 11) is 1.91. The molecular weight excluding hydrogens is 590 g/mol. The highest BCUT2D eigenvalue weighted by atomic mass is 32.2.